The summed E-state index contributed by atoms with van der Waals surface area (Å²) >= 11 is 0. The van der Waals surface area contributed by atoms with Crippen molar-refractivity contribution in [2.75, 3.05) is 47.5 Å². The number of ether oxygens (including phenoxy) is 2. The standard InChI is InChI=1S/C52H90NO8P/c1-6-8-10-12-14-16-18-19-20-21-22-23-24-25-26-27-28-29-30-31-32-33-35-37-39-41-43-45-52(55)61-50(49-60-62(56,57)59-47-46-53(3,4)5)48-58-51(54)44-42-40-38-36-34-17-15-13-11-9-7-2/h8,10,14,16,19-20,22-23,25-26,28-29,31-32,50H,6-7,9,11-13,15,17-18,21,24,27,30,33-49H2,1-5H3/p+1/b10-8-,16-14-,20-19-,23-22-,26-25-,29-28-,32-31-. The Morgan fingerprint density at radius 2 is 0.919 bits per heavy atom. The minimum absolute atomic E-state index is 0.0241. The molecule has 0 radical (unpaired) electrons. The first-order valence-corrected chi connectivity index (χ1v) is 25.8. The minimum atomic E-state index is -4.39. The van der Waals surface area contributed by atoms with Crippen molar-refractivity contribution < 1.29 is 42.1 Å². The van der Waals surface area contributed by atoms with E-state index in [1.54, 1.807) is 0 Å². The fourth-order valence-electron chi connectivity index (χ4n) is 6.17. The number of rotatable bonds is 43. The third-order valence-electron chi connectivity index (χ3n) is 9.94. The van der Waals surface area contributed by atoms with E-state index in [0.29, 0.717) is 17.4 Å². The second-order valence-corrected chi connectivity index (χ2v) is 18.6. The molecule has 356 valence electrons. The lowest BCUT2D eigenvalue weighted by molar-refractivity contribution is -0.870. The number of phosphoric ester groups is 1. The van der Waals surface area contributed by atoms with Crippen LogP contribution in [0, 0.1) is 0 Å². The summed E-state index contributed by atoms with van der Waals surface area (Å²) in [5.41, 5.74) is 0. The van der Waals surface area contributed by atoms with Gasteiger partial charge in [0.15, 0.2) is 6.10 Å². The summed E-state index contributed by atoms with van der Waals surface area (Å²) < 4.78 is 34.3. The monoisotopic (exact) mass is 889 g/mol. The van der Waals surface area contributed by atoms with E-state index in [2.05, 4.69) is 98.9 Å². The number of unbranched alkanes of at least 4 members (excludes halogenated alkanes) is 15. The third kappa shape index (κ3) is 46.7. The van der Waals surface area contributed by atoms with E-state index in [1.165, 1.54) is 51.4 Å². The van der Waals surface area contributed by atoms with Crippen LogP contribution in [0.5, 0.6) is 0 Å². The zero-order valence-corrected chi connectivity index (χ0v) is 41.0. The van der Waals surface area contributed by atoms with Crippen LogP contribution in [0.3, 0.4) is 0 Å². The predicted molar refractivity (Wildman–Crippen MR) is 261 cm³/mol. The Morgan fingerprint density at radius 3 is 1.37 bits per heavy atom. The van der Waals surface area contributed by atoms with Gasteiger partial charge in [0, 0.05) is 12.8 Å². The van der Waals surface area contributed by atoms with Crippen molar-refractivity contribution in [1.29, 1.82) is 0 Å². The highest BCUT2D eigenvalue weighted by Gasteiger charge is 2.27. The Morgan fingerprint density at radius 1 is 0.516 bits per heavy atom. The van der Waals surface area contributed by atoms with E-state index >= 15 is 0 Å². The lowest BCUT2D eigenvalue weighted by Gasteiger charge is -2.24. The number of allylic oxidation sites excluding steroid dienone is 14. The van der Waals surface area contributed by atoms with Crippen molar-refractivity contribution >= 4 is 19.8 Å². The number of likely N-dealkylation sites (N-methyl/N-ethyl adjacent to an activating group) is 1. The van der Waals surface area contributed by atoms with Gasteiger partial charge in [0.2, 0.25) is 0 Å². The Labute approximate surface area is 380 Å². The highest BCUT2D eigenvalue weighted by Crippen LogP contribution is 2.43. The number of nitrogens with zero attached hydrogens (tertiary/aromatic N) is 1. The van der Waals surface area contributed by atoms with Crippen molar-refractivity contribution in [3.63, 3.8) is 0 Å². The van der Waals surface area contributed by atoms with Crippen LogP contribution in [-0.4, -0.2) is 74.9 Å². The van der Waals surface area contributed by atoms with Gasteiger partial charge >= 0.3 is 19.8 Å². The molecule has 10 heteroatoms. The Balaban J connectivity index is 4.29. The highest BCUT2D eigenvalue weighted by atomic mass is 31.2. The molecule has 0 rings (SSSR count). The maximum Gasteiger partial charge on any atom is 0.472 e. The van der Waals surface area contributed by atoms with E-state index in [0.717, 1.165) is 96.3 Å². The Bertz CT molecular complexity index is 1330. The van der Waals surface area contributed by atoms with Gasteiger partial charge in [0.25, 0.3) is 0 Å². The van der Waals surface area contributed by atoms with Crippen LogP contribution in [0.25, 0.3) is 0 Å². The molecule has 0 fully saturated rings. The SMILES string of the molecule is CC/C=C\C/C=C\C/C=C\C/C=C\C/C=C\C/C=C\C/C=C\CCCCCCCC(=O)OC(COC(=O)CCCCCCCCCCCCC)COP(=O)(O)OCC[N+](C)(C)C. The molecule has 0 aromatic rings. The van der Waals surface area contributed by atoms with E-state index in [1.807, 2.05) is 21.1 Å². The van der Waals surface area contributed by atoms with Crippen molar-refractivity contribution in [1.82, 2.24) is 0 Å². The molecular weight excluding hydrogens is 798 g/mol. The average Bonchev–Trinajstić information content (AvgIpc) is 3.23. The third-order valence-corrected chi connectivity index (χ3v) is 10.9. The molecule has 0 aliphatic heterocycles. The molecule has 1 N–H and O–H groups in total. The van der Waals surface area contributed by atoms with Crippen molar-refractivity contribution in [2.45, 2.75) is 187 Å². The van der Waals surface area contributed by atoms with Crippen LogP contribution in [0.2, 0.25) is 0 Å². The topological polar surface area (TPSA) is 108 Å². The molecule has 2 atom stereocenters. The second kappa shape index (κ2) is 43.4. The van der Waals surface area contributed by atoms with Crippen molar-refractivity contribution in [3.8, 4) is 0 Å². The van der Waals surface area contributed by atoms with Gasteiger partial charge in [-0.2, -0.15) is 0 Å². The molecule has 0 spiro atoms. The lowest BCUT2D eigenvalue weighted by atomic mass is 10.1. The van der Waals surface area contributed by atoms with Gasteiger partial charge in [-0.05, 0) is 70.6 Å². The second-order valence-electron chi connectivity index (χ2n) is 17.1. The first-order chi connectivity index (χ1) is 30.0. The van der Waals surface area contributed by atoms with Crippen LogP contribution in [0.4, 0.5) is 0 Å². The largest absolute Gasteiger partial charge is 0.472 e. The predicted octanol–water partition coefficient (Wildman–Crippen LogP) is 14.4. The zero-order chi connectivity index (χ0) is 45.7. The summed E-state index contributed by atoms with van der Waals surface area (Å²) in [6.07, 6.45) is 56.4. The summed E-state index contributed by atoms with van der Waals surface area (Å²) in [4.78, 5) is 35.4. The average molecular weight is 889 g/mol. The molecule has 0 bridgehead atoms. The number of carbonyl (C=O) groups excluding carboxylic acids is 2. The van der Waals surface area contributed by atoms with Gasteiger partial charge in [-0.3, -0.25) is 18.6 Å². The molecule has 0 aliphatic rings. The highest BCUT2D eigenvalue weighted by molar-refractivity contribution is 7.47. The zero-order valence-electron chi connectivity index (χ0n) is 40.1. The van der Waals surface area contributed by atoms with Crippen LogP contribution in [-0.2, 0) is 32.7 Å². The van der Waals surface area contributed by atoms with Gasteiger partial charge in [0.1, 0.15) is 19.8 Å². The molecular formula is C52H91NO8P+. The number of carbonyl (C=O) groups is 2. The maximum atomic E-state index is 12.7. The van der Waals surface area contributed by atoms with Gasteiger partial charge in [-0.15, -0.1) is 0 Å². The molecule has 0 aromatic heterocycles. The van der Waals surface area contributed by atoms with E-state index in [4.69, 9.17) is 18.5 Å². The van der Waals surface area contributed by atoms with E-state index in [9.17, 15) is 19.0 Å². The number of phosphoric acid groups is 1. The number of hydrogen-bond donors (Lipinski definition) is 1. The maximum absolute atomic E-state index is 12.7. The smallest absolute Gasteiger partial charge is 0.462 e. The summed E-state index contributed by atoms with van der Waals surface area (Å²) in [5, 5.41) is 0. The van der Waals surface area contributed by atoms with Crippen LogP contribution in [0.15, 0.2) is 85.1 Å². The minimum Gasteiger partial charge on any atom is -0.462 e. The van der Waals surface area contributed by atoms with E-state index < -0.39 is 26.5 Å². The molecule has 0 amide bonds. The number of esters is 2. The molecule has 9 nitrogen and oxygen atoms in total. The van der Waals surface area contributed by atoms with Gasteiger partial charge in [-0.25, -0.2) is 4.57 Å². The molecule has 0 aromatic carbocycles. The van der Waals surface area contributed by atoms with Crippen LogP contribution < -0.4 is 0 Å². The number of quaternary nitrogens is 1. The molecule has 0 saturated carbocycles. The summed E-state index contributed by atoms with van der Waals surface area (Å²) in [6, 6.07) is 0. The van der Waals surface area contributed by atoms with Crippen molar-refractivity contribution in [2.24, 2.45) is 0 Å². The fraction of sp³-hybridized carbons (Fsp3) is 0.692. The van der Waals surface area contributed by atoms with Crippen molar-refractivity contribution in [3.05, 3.63) is 85.1 Å². The van der Waals surface area contributed by atoms with Gasteiger partial charge in [-0.1, -0.05) is 182 Å². The lowest BCUT2D eigenvalue weighted by Crippen LogP contribution is -2.37. The Hall–Kier alpha value is -2.81. The fourth-order valence-corrected chi connectivity index (χ4v) is 6.91. The van der Waals surface area contributed by atoms with E-state index in [-0.39, 0.29) is 32.0 Å². The summed E-state index contributed by atoms with van der Waals surface area (Å²) in [5.74, 6) is -0.826. The number of hydrogen-bond acceptors (Lipinski definition) is 7. The van der Waals surface area contributed by atoms with Gasteiger partial charge in [0.05, 0.1) is 27.7 Å². The summed E-state index contributed by atoms with van der Waals surface area (Å²) in [6.45, 7) is 4.26. The van der Waals surface area contributed by atoms with Gasteiger partial charge < -0.3 is 18.9 Å². The molecule has 62 heavy (non-hydrogen) atoms. The van der Waals surface area contributed by atoms with Crippen LogP contribution in [0.1, 0.15) is 181 Å². The summed E-state index contributed by atoms with van der Waals surface area (Å²) in [7, 11) is 1.45. The molecule has 0 aliphatic carbocycles. The molecule has 0 heterocycles. The first-order valence-electron chi connectivity index (χ1n) is 24.3. The van der Waals surface area contributed by atoms with Crippen LogP contribution >= 0.6 is 7.82 Å². The normalized spacial score (nSPS) is 14.2. The first kappa shape index (κ1) is 59.2. The Kier molecular flexibility index (Phi) is 41.5. The molecule has 2 unspecified atom stereocenters. The quantitative estimate of drug-likeness (QED) is 0.0212. The molecule has 0 saturated heterocycles.